The molecule has 4 heteroatoms. The Hall–Kier alpha value is -2.62. The van der Waals surface area contributed by atoms with Crippen LogP contribution >= 0.6 is 0 Å². The number of para-hydroxylation sites is 1. The monoisotopic (exact) mass is 322 g/mol. The minimum Gasteiger partial charge on any atom is -0.352 e. The van der Waals surface area contributed by atoms with Crippen molar-refractivity contribution in [2.24, 2.45) is 11.8 Å². The lowest BCUT2D eigenvalue weighted by Gasteiger charge is -2.11. The van der Waals surface area contributed by atoms with Gasteiger partial charge in [-0.3, -0.25) is 9.59 Å². The van der Waals surface area contributed by atoms with E-state index >= 15 is 0 Å². The Bertz CT molecular complexity index is 727. The maximum absolute atomic E-state index is 12.4. The summed E-state index contributed by atoms with van der Waals surface area (Å²) in [6.07, 6.45) is 1.71. The number of carbonyl (C=O) groups excluding carboxylic acids is 2. The molecule has 0 spiro atoms. The number of hydrogen-bond donors (Lipinski definition) is 2. The highest BCUT2D eigenvalue weighted by Crippen LogP contribution is 2.38. The molecule has 0 radical (unpaired) electrons. The van der Waals surface area contributed by atoms with Crippen molar-refractivity contribution in [1.29, 1.82) is 0 Å². The first-order valence-corrected chi connectivity index (χ1v) is 8.37. The summed E-state index contributed by atoms with van der Waals surface area (Å²) in [5, 5.41) is 5.82. The second-order valence-corrected chi connectivity index (χ2v) is 6.35. The predicted octanol–water partition coefficient (Wildman–Crippen LogP) is 3.25. The van der Waals surface area contributed by atoms with E-state index in [-0.39, 0.29) is 17.7 Å². The van der Waals surface area contributed by atoms with E-state index in [1.54, 1.807) is 12.1 Å². The van der Waals surface area contributed by atoms with Gasteiger partial charge in [0, 0.05) is 12.5 Å². The predicted molar refractivity (Wildman–Crippen MR) is 94.8 cm³/mol. The molecule has 0 unspecified atom stereocenters. The standard InChI is InChI=1S/C20H22N2O2/c1-14-13-17(14)20(24)22-18-10-6-5-9-16(18)19(23)21-12-11-15-7-3-2-4-8-15/h2-10,14,17H,11-13H2,1H3,(H,21,23)(H,22,24)/t14-,17+/m1/s1. The average Bonchev–Trinajstić information content (AvgIpc) is 3.33. The maximum atomic E-state index is 12.4. The largest absolute Gasteiger partial charge is 0.352 e. The Balaban J connectivity index is 1.59. The molecule has 0 aromatic heterocycles. The molecule has 0 aliphatic heterocycles. The number of benzene rings is 2. The Morgan fingerprint density at radius 3 is 2.42 bits per heavy atom. The van der Waals surface area contributed by atoms with Gasteiger partial charge in [-0.15, -0.1) is 0 Å². The van der Waals surface area contributed by atoms with Crippen molar-refractivity contribution in [2.45, 2.75) is 19.8 Å². The van der Waals surface area contributed by atoms with Crippen LogP contribution in [0, 0.1) is 11.8 Å². The van der Waals surface area contributed by atoms with Crippen LogP contribution in [-0.4, -0.2) is 18.4 Å². The quantitative estimate of drug-likeness (QED) is 0.857. The topological polar surface area (TPSA) is 58.2 Å². The van der Waals surface area contributed by atoms with Crippen LogP contribution in [0.4, 0.5) is 5.69 Å². The molecule has 1 fully saturated rings. The lowest BCUT2D eigenvalue weighted by molar-refractivity contribution is -0.117. The van der Waals surface area contributed by atoms with Crippen LogP contribution in [0.3, 0.4) is 0 Å². The van der Waals surface area contributed by atoms with Crippen LogP contribution in [0.25, 0.3) is 0 Å². The summed E-state index contributed by atoms with van der Waals surface area (Å²) in [4.78, 5) is 24.5. The van der Waals surface area contributed by atoms with Crippen molar-refractivity contribution in [2.75, 3.05) is 11.9 Å². The summed E-state index contributed by atoms with van der Waals surface area (Å²) >= 11 is 0. The fraction of sp³-hybridized carbons (Fsp3) is 0.300. The van der Waals surface area contributed by atoms with E-state index < -0.39 is 0 Å². The van der Waals surface area contributed by atoms with E-state index in [0.717, 1.165) is 12.8 Å². The van der Waals surface area contributed by atoms with Gasteiger partial charge in [0.25, 0.3) is 5.91 Å². The molecule has 2 N–H and O–H groups in total. The summed E-state index contributed by atoms with van der Waals surface area (Å²) in [7, 11) is 0. The Labute approximate surface area is 142 Å². The van der Waals surface area contributed by atoms with Crippen molar-refractivity contribution in [3.05, 3.63) is 65.7 Å². The third kappa shape index (κ3) is 4.02. The summed E-state index contributed by atoms with van der Waals surface area (Å²) < 4.78 is 0. The van der Waals surface area contributed by atoms with Crippen molar-refractivity contribution in [3.8, 4) is 0 Å². The maximum Gasteiger partial charge on any atom is 0.253 e. The third-order valence-electron chi connectivity index (χ3n) is 4.42. The summed E-state index contributed by atoms with van der Waals surface area (Å²) in [5.74, 6) is 0.369. The second-order valence-electron chi connectivity index (χ2n) is 6.35. The van der Waals surface area contributed by atoms with Crippen molar-refractivity contribution >= 4 is 17.5 Å². The van der Waals surface area contributed by atoms with E-state index in [2.05, 4.69) is 17.6 Å². The van der Waals surface area contributed by atoms with Gasteiger partial charge >= 0.3 is 0 Å². The lowest BCUT2D eigenvalue weighted by Crippen LogP contribution is -2.27. The minimum atomic E-state index is -0.161. The first-order chi connectivity index (χ1) is 11.6. The first-order valence-electron chi connectivity index (χ1n) is 8.37. The summed E-state index contributed by atoms with van der Waals surface area (Å²) in [6.45, 7) is 2.62. The van der Waals surface area contributed by atoms with Crippen LogP contribution in [-0.2, 0) is 11.2 Å². The fourth-order valence-electron chi connectivity index (χ4n) is 2.76. The molecular formula is C20H22N2O2. The molecule has 2 atom stereocenters. The SMILES string of the molecule is C[C@@H]1C[C@@H]1C(=O)Nc1ccccc1C(=O)NCCc1ccccc1. The molecule has 2 aromatic rings. The molecule has 1 saturated carbocycles. The van der Waals surface area contributed by atoms with Crippen LogP contribution in [0.15, 0.2) is 54.6 Å². The Morgan fingerprint density at radius 1 is 1.04 bits per heavy atom. The zero-order valence-corrected chi connectivity index (χ0v) is 13.8. The van der Waals surface area contributed by atoms with Gasteiger partial charge in [0.15, 0.2) is 0 Å². The average molecular weight is 322 g/mol. The van der Waals surface area contributed by atoms with E-state index in [1.807, 2.05) is 42.5 Å². The van der Waals surface area contributed by atoms with Crippen molar-refractivity contribution in [1.82, 2.24) is 5.32 Å². The van der Waals surface area contributed by atoms with Crippen LogP contribution < -0.4 is 10.6 Å². The van der Waals surface area contributed by atoms with Crippen LogP contribution in [0.1, 0.15) is 29.3 Å². The zero-order chi connectivity index (χ0) is 16.9. The molecule has 124 valence electrons. The van der Waals surface area contributed by atoms with Crippen LogP contribution in [0.2, 0.25) is 0 Å². The van der Waals surface area contributed by atoms with E-state index in [9.17, 15) is 9.59 Å². The highest BCUT2D eigenvalue weighted by atomic mass is 16.2. The van der Waals surface area contributed by atoms with Gasteiger partial charge in [-0.05, 0) is 36.5 Å². The smallest absolute Gasteiger partial charge is 0.253 e. The number of rotatable bonds is 6. The fourth-order valence-corrected chi connectivity index (χ4v) is 2.76. The minimum absolute atomic E-state index is 0.00651. The molecule has 2 aromatic carbocycles. The highest BCUT2D eigenvalue weighted by Gasteiger charge is 2.39. The molecule has 1 aliphatic rings. The highest BCUT2D eigenvalue weighted by molar-refractivity contribution is 6.04. The normalized spacial score (nSPS) is 18.7. The van der Waals surface area contributed by atoms with Gasteiger partial charge in [-0.25, -0.2) is 0 Å². The molecule has 4 nitrogen and oxygen atoms in total. The molecule has 24 heavy (non-hydrogen) atoms. The number of hydrogen-bond acceptors (Lipinski definition) is 2. The first kappa shape index (κ1) is 16.2. The molecule has 2 amide bonds. The second kappa shape index (κ2) is 7.30. The number of nitrogens with one attached hydrogen (secondary N) is 2. The molecular weight excluding hydrogens is 300 g/mol. The van der Waals surface area contributed by atoms with Crippen molar-refractivity contribution < 1.29 is 9.59 Å². The van der Waals surface area contributed by atoms with E-state index in [4.69, 9.17) is 0 Å². The van der Waals surface area contributed by atoms with Crippen LogP contribution in [0.5, 0.6) is 0 Å². The molecule has 1 aliphatic carbocycles. The van der Waals surface area contributed by atoms with Gasteiger partial charge in [0.2, 0.25) is 5.91 Å². The number of amides is 2. The Kier molecular flexibility index (Phi) is 4.94. The summed E-state index contributed by atoms with van der Waals surface area (Å²) in [5.41, 5.74) is 2.27. The van der Waals surface area contributed by atoms with E-state index in [0.29, 0.717) is 23.7 Å². The molecule has 3 rings (SSSR count). The molecule has 0 heterocycles. The summed E-state index contributed by atoms with van der Waals surface area (Å²) in [6, 6.07) is 17.2. The van der Waals surface area contributed by atoms with Gasteiger partial charge in [0.1, 0.15) is 0 Å². The number of anilines is 1. The third-order valence-corrected chi connectivity index (χ3v) is 4.42. The van der Waals surface area contributed by atoms with Gasteiger partial charge < -0.3 is 10.6 Å². The molecule has 0 saturated heterocycles. The van der Waals surface area contributed by atoms with E-state index in [1.165, 1.54) is 5.56 Å². The lowest BCUT2D eigenvalue weighted by atomic mass is 10.1. The van der Waals surface area contributed by atoms with Gasteiger partial charge in [-0.1, -0.05) is 49.4 Å². The van der Waals surface area contributed by atoms with Crippen molar-refractivity contribution in [3.63, 3.8) is 0 Å². The zero-order valence-electron chi connectivity index (χ0n) is 13.8. The number of carbonyl (C=O) groups is 2. The molecule has 0 bridgehead atoms. The van der Waals surface area contributed by atoms with Gasteiger partial charge in [-0.2, -0.15) is 0 Å². The Morgan fingerprint density at radius 2 is 1.71 bits per heavy atom. The van der Waals surface area contributed by atoms with Gasteiger partial charge in [0.05, 0.1) is 11.3 Å².